The van der Waals surface area contributed by atoms with Crippen LogP contribution >= 0.6 is 0 Å². The molecular formula is C54H72N6O6. The summed E-state index contributed by atoms with van der Waals surface area (Å²) >= 11 is 0. The predicted molar refractivity (Wildman–Crippen MR) is 257 cm³/mol. The van der Waals surface area contributed by atoms with Gasteiger partial charge in [-0.05, 0) is 54.7 Å². The number of nitrogens with one attached hydrogen (secondary N) is 3. The van der Waals surface area contributed by atoms with E-state index < -0.39 is 23.3 Å². The minimum Gasteiger partial charge on any atom is -0.354 e. The lowest BCUT2D eigenvalue weighted by atomic mass is 9.93. The molecule has 66 heavy (non-hydrogen) atoms. The van der Waals surface area contributed by atoms with Crippen molar-refractivity contribution in [3.63, 3.8) is 0 Å². The Labute approximate surface area is 392 Å². The molecule has 0 unspecified atom stereocenters. The fourth-order valence-electron chi connectivity index (χ4n) is 9.85. The van der Waals surface area contributed by atoms with Gasteiger partial charge in [-0.2, -0.15) is 0 Å². The molecule has 2 aliphatic heterocycles. The third kappa shape index (κ3) is 12.5. The molecule has 0 radical (unpaired) electrons. The number of amides is 6. The second-order valence-electron chi connectivity index (χ2n) is 20.2. The van der Waals surface area contributed by atoms with Crippen molar-refractivity contribution in [1.29, 1.82) is 0 Å². The van der Waals surface area contributed by atoms with E-state index >= 15 is 0 Å². The molecule has 2 saturated heterocycles. The number of unbranched alkanes of at least 4 members (excludes halogenated alkanes) is 9. The van der Waals surface area contributed by atoms with E-state index in [0.717, 1.165) is 32.1 Å². The summed E-state index contributed by atoms with van der Waals surface area (Å²) in [6.45, 7) is 9.02. The molecule has 2 saturated carbocycles. The average molecular weight is 901 g/mol. The van der Waals surface area contributed by atoms with Gasteiger partial charge in [0.1, 0.15) is 6.04 Å². The van der Waals surface area contributed by atoms with Crippen molar-refractivity contribution in [2.24, 2.45) is 17.3 Å². The van der Waals surface area contributed by atoms with E-state index in [9.17, 15) is 28.8 Å². The second kappa shape index (κ2) is 22.3. The van der Waals surface area contributed by atoms with Crippen molar-refractivity contribution < 1.29 is 28.8 Å². The highest BCUT2D eigenvalue weighted by molar-refractivity contribution is 6.00. The number of carbonyl (C=O) groups is 6. The lowest BCUT2D eigenvalue weighted by Crippen LogP contribution is -2.63. The maximum atomic E-state index is 14.1. The molecule has 3 aromatic rings. The molecule has 4 fully saturated rings. The first kappa shape index (κ1) is 48.4. The number of hydrogen-bond donors (Lipinski definition) is 3. The van der Waals surface area contributed by atoms with Gasteiger partial charge in [-0.25, -0.2) is 0 Å². The molecule has 12 heteroatoms. The van der Waals surface area contributed by atoms with Crippen LogP contribution in [0.15, 0.2) is 84.9 Å². The molecule has 7 atom stereocenters. The van der Waals surface area contributed by atoms with Gasteiger partial charge < -0.3 is 30.7 Å². The van der Waals surface area contributed by atoms with Crippen LogP contribution in [0.2, 0.25) is 0 Å². The fraction of sp³-hybridized carbons (Fsp3) is 0.556. The van der Waals surface area contributed by atoms with E-state index in [-0.39, 0.29) is 92.1 Å². The van der Waals surface area contributed by atoms with Gasteiger partial charge in [0.2, 0.25) is 23.6 Å². The number of hydrogen-bond acceptors (Lipinski definition) is 6. The molecule has 0 aromatic heterocycles. The van der Waals surface area contributed by atoms with E-state index in [1.807, 2.05) is 57.2 Å². The minimum atomic E-state index is -0.822. The van der Waals surface area contributed by atoms with E-state index in [1.54, 1.807) is 39.0 Å². The van der Waals surface area contributed by atoms with Gasteiger partial charge in [-0.3, -0.25) is 28.8 Å². The second-order valence-corrected chi connectivity index (χ2v) is 20.2. The summed E-state index contributed by atoms with van der Waals surface area (Å²) in [4.78, 5) is 88.1. The number of rotatable bonds is 20. The summed E-state index contributed by atoms with van der Waals surface area (Å²) in [7, 11) is 0. The Morgan fingerprint density at radius 2 is 1.00 bits per heavy atom. The van der Waals surface area contributed by atoms with E-state index in [2.05, 4.69) is 47.1 Å². The van der Waals surface area contributed by atoms with Crippen molar-refractivity contribution in [2.45, 2.75) is 135 Å². The molecule has 3 aromatic carbocycles. The maximum Gasteiger partial charge on any atom is 0.253 e. The summed E-state index contributed by atoms with van der Waals surface area (Å²) in [5.74, 6) is -2.44. The third-order valence-electron chi connectivity index (χ3n) is 14.1. The Balaban J connectivity index is 0.955. The van der Waals surface area contributed by atoms with Crippen molar-refractivity contribution in [1.82, 2.24) is 30.7 Å². The van der Waals surface area contributed by atoms with Gasteiger partial charge in [-0.15, -0.1) is 0 Å². The van der Waals surface area contributed by atoms with Gasteiger partial charge in [0.05, 0.1) is 18.4 Å². The Morgan fingerprint density at radius 1 is 0.545 bits per heavy atom. The van der Waals surface area contributed by atoms with Crippen LogP contribution in [0.1, 0.15) is 148 Å². The first-order valence-electron chi connectivity index (χ1n) is 24.8. The van der Waals surface area contributed by atoms with Gasteiger partial charge in [0, 0.05) is 73.2 Å². The summed E-state index contributed by atoms with van der Waals surface area (Å²) in [5.41, 5.74) is 2.34. The zero-order valence-electron chi connectivity index (χ0n) is 39.6. The molecule has 354 valence electrons. The largest absolute Gasteiger partial charge is 0.354 e. The number of benzene rings is 3. The summed E-state index contributed by atoms with van der Waals surface area (Å²) in [5, 5.41) is 9.44. The normalized spacial score (nSPS) is 23.5. The predicted octanol–water partition coefficient (Wildman–Crippen LogP) is 7.46. The highest BCUT2D eigenvalue weighted by Crippen LogP contribution is 2.43. The van der Waals surface area contributed by atoms with Crippen LogP contribution in [0, 0.1) is 17.3 Å². The van der Waals surface area contributed by atoms with Gasteiger partial charge >= 0.3 is 0 Å². The first-order valence-corrected chi connectivity index (χ1v) is 24.8. The smallest absolute Gasteiger partial charge is 0.253 e. The maximum absolute atomic E-state index is 14.1. The highest BCUT2D eigenvalue weighted by atomic mass is 16.2. The van der Waals surface area contributed by atoms with Crippen LogP contribution in [0.3, 0.4) is 0 Å². The summed E-state index contributed by atoms with van der Waals surface area (Å²) in [6.07, 6.45) is 13.6. The number of piperazine rings is 1. The zero-order valence-corrected chi connectivity index (χ0v) is 39.6. The standard InChI is InChI=1S/C54H72N6O6/c1-5-6-7-8-9-10-11-12-13-20-29-55-50(63)47-36-58(30-31-60(47)53(66)54(2,3)4)51(64)39-25-27-40(28-26-39)52(65)59-34-43(48(61)56-45-32-41(45)37-21-16-14-17-22-37)44(35-59)49(62)57-46-33-42(46)38-23-18-15-19-24-38/h14-19,21-28,41-47H,5-13,20,29-36H2,1-4H3,(H,55,63)(H,56,61)(H,57,62)/t41-,42-,43-,44-,45+,46+,47+/m1/s1. The SMILES string of the molecule is CCCCCCCCCCCCNC(=O)[C@@H]1CN(C(=O)c2ccc(C(=O)N3C[C@@H](C(=O)N[C@H]4C[C@@H]4c4ccccc4)[C@H](C(=O)N[C@H]4C[C@@H]4c4ccccc4)C3)cc2)CCN1C(=O)C(C)(C)C. The topological polar surface area (TPSA) is 148 Å². The number of likely N-dealkylation sites (tertiary alicyclic amines) is 1. The van der Waals surface area contributed by atoms with Crippen LogP contribution in [0.25, 0.3) is 0 Å². The van der Waals surface area contributed by atoms with E-state index in [1.165, 1.54) is 56.1 Å². The molecule has 3 N–H and O–H groups in total. The fourth-order valence-corrected chi connectivity index (χ4v) is 9.85. The lowest BCUT2D eigenvalue weighted by Gasteiger charge is -2.42. The molecular weight excluding hydrogens is 829 g/mol. The Bertz CT molecular complexity index is 2070. The first-order chi connectivity index (χ1) is 31.8. The molecule has 0 spiro atoms. The number of carbonyl (C=O) groups excluding carboxylic acids is 6. The number of nitrogens with zero attached hydrogens (tertiary/aromatic N) is 3. The average Bonchev–Trinajstić information content (AvgIpc) is 4.24. The summed E-state index contributed by atoms with van der Waals surface area (Å²) in [6, 6.07) is 25.7. The van der Waals surface area contributed by atoms with Crippen molar-refractivity contribution in [3.05, 3.63) is 107 Å². The van der Waals surface area contributed by atoms with Crippen molar-refractivity contribution >= 4 is 35.4 Å². The van der Waals surface area contributed by atoms with Crippen LogP contribution < -0.4 is 16.0 Å². The Hall–Kier alpha value is -5.52. The monoisotopic (exact) mass is 901 g/mol. The van der Waals surface area contributed by atoms with Crippen LogP contribution in [0.4, 0.5) is 0 Å². The highest BCUT2D eigenvalue weighted by Gasteiger charge is 2.49. The molecule has 2 heterocycles. The van der Waals surface area contributed by atoms with Crippen LogP contribution in [-0.4, -0.2) is 108 Å². The van der Waals surface area contributed by atoms with E-state index in [4.69, 9.17) is 0 Å². The molecule has 6 amide bonds. The Morgan fingerprint density at radius 3 is 1.47 bits per heavy atom. The Kier molecular flexibility index (Phi) is 16.4. The summed E-state index contributed by atoms with van der Waals surface area (Å²) < 4.78 is 0. The molecule has 7 rings (SSSR count). The van der Waals surface area contributed by atoms with Gasteiger partial charge in [-0.1, -0.05) is 146 Å². The van der Waals surface area contributed by atoms with Crippen molar-refractivity contribution in [2.75, 3.05) is 39.3 Å². The third-order valence-corrected chi connectivity index (χ3v) is 14.1. The van der Waals surface area contributed by atoms with Crippen LogP contribution in [-0.2, 0) is 19.2 Å². The van der Waals surface area contributed by atoms with Gasteiger partial charge in [0.25, 0.3) is 11.8 Å². The molecule has 12 nitrogen and oxygen atoms in total. The minimum absolute atomic E-state index is 0.0228. The van der Waals surface area contributed by atoms with E-state index in [0.29, 0.717) is 17.7 Å². The van der Waals surface area contributed by atoms with Gasteiger partial charge in [0.15, 0.2) is 0 Å². The lowest BCUT2D eigenvalue weighted by molar-refractivity contribution is -0.149. The van der Waals surface area contributed by atoms with Crippen LogP contribution in [0.5, 0.6) is 0 Å². The molecule has 4 aliphatic rings. The zero-order chi connectivity index (χ0) is 46.8. The van der Waals surface area contributed by atoms with Crippen molar-refractivity contribution in [3.8, 4) is 0 Å². The molecule has 2 aliphatic carbocycles. The molecule has 0 bridgehead atoms. The quantitative estimate of drug-likeness (QED) is 0.100.